The maximum Gasteiger partial charge on any atom is 0.176 e. The van der Waals surface area contributed by atoms with Crippen LogP contribution in [0.5, 0.6) is 0 Å². The van der Waals surface area contributed by atoms with Gasteiger partial charge in [0.15, 0.2) is 18.9 Å². The molecule has 140 valence electrons. The predicted octanol–water partition coefficient (Wildman–Crippen LogP) is 5.04. The van der Waals surface area contributed by atoms with E-state index in [1.165, 1.54) is 53.9 Å². The van der Waals surface area contributed by atoms with Crippen LogP contribution >= 0.6 is 0 Å². The first-order valence-corrected chi connectivity index (χ1v) is 10.1. The lowest BCUT2D eigenvalue weighted by Gasteiger charge is -2.16. The van der Waals surface area contributed by atoms with Gasteiger partial charge in [0.25, 0.3) is 0 Å². The summed E-state index contributed by atoms with van der Waals surface area (Å²) >= 11 is 0. The van der Waals surface area contributed by atoms with Crippen molar-refractivity contribution >= 4 is 10.9 Å². The SMILES string of the molecule is Fc1ccccc1C[n+]1ccc(Cn2c3c(c4ccccc42)CCCC3)cc1. The molecule has 2 nitrogen and oxygen atoms in total. The molecule has 28 heavy (non-hydrogen) atoms. The Morgan fingerprint density at radius 3 is 2.46 bits per heavy atom. The minimum atomic E-state index is -0.149. The van der Waals surface area contributed by atoms with Crippen molar-refractivity contribution in [1.82, 2.24) is 4.57 Å². The zero-order chi connectivity index (χ0) is 18.9. The van der Waals surface area contributed by atoms with E-state index in [0.29, 0.717) is 12.1 Å². The van der Waals surface area contributed by atoms with Gasteiger partial charge in [0, 0.05) is 35.3 Å². The number of aromatic nitrogens is 2. The van der Waals surface area contributed by atoms with E-state index in [9.17, 15) is 4.39 Å². The van der Waals surface area contributed by atoms with Crippen molar-refractivity contribution in [2.75, 3.05) is 0 Å². The van der Waals surface area contributed by atoms with Crippen LogP contribution in [0.15, 0.2) is 73.1 Å². The van der Waals surface area contributed by atoms with E-state index in [1.807, 2.05) is 16.7 Å². The maximum absolute atomic E-state index is 13.9. The Bertz CT molecular complexity index is 1130. The Hall–Kier alpha value is -2.94. The second-order valence-corrected chi connectivity index (χ2v) is 7.71. The molecule has 0 saturated carbocycles. The maximum atomic E-state index is 13.9. The monoisotopic (exact) mass is 371 g/mol. The van der Waals surface area contributed by atoms with Crippen LogP contribution in [0.25, 0.3) is 10.9 Å². The highest BCUT2D eigenvalue weighted by Gasteiger charge is 2.19. The number of pyridine rings is 1. The third kappa shape index (κ3) is 3.11. The Morgan fingerprint density at radius 2 is 1.61 bits per heavy atom. The zero-order valence-corrected chi connectivity index (χ0v) is 15.9. The number of hydrogen-bond donors (Lipinski definition) is 0. The number of rotatable bonds is 4. The molecule has 4 aromatic rings. The third-order valence-corrected chi connectivity index (χ3v) is 5.90. The Morgan fingerprint density at radius 1 is 0.857 bits per heavy atom. The van der Waals surface area contributed by atoms with E-state index in [2.05, 4.69) is 53.4 Å². The standard InChI is InChI=1S/C25H24FN2/c26-23-10-4-1-7-20(23)18-27-15-13-19(14-16-27)17-28-24-11-5-2-8-21(24)22-9-3-6-12-25(22)28/h1-2,4-5,7-8,10-11,13-16H,3,6,9,12,17-18H2/q+1. The van der Waals surface area contributed by atoms with Crippen LogP contribution in [-0.2, 0) is 25.9 Å². The summed E-state index contributed by atoms with van der Waals surface area (Å²) in [5.74, 6) is -0.149. The second kappa shape index (κ2) is 7.23. The summed E-state index contributed by atoms with van der Waals surface area (Å²) in [6, 6.07) is 20.1. The fourth-order valence-corrected chi connectivity index (χ4v) is 4.47. The van der Waals surface area contributed by atoms with Crippen molar-refractivity contribution in [1.29, 1.82) is 0 Å². The summed E-state index contributed by atoms with van der Waals surface area (Å²) in [5, 5.41) is 1.42. The summed E-state index contributed by atoms with van der Waals surface area (Å²) in [7, 11) is 0. The zero-order valence-electron chi connectivity index (χ0n) is 15.9. The summed E-state index contributed by atoms with van der Waals surface area (Å²) in [6.45, 7) is 1.44. The molecule has 3 heteroatoms. The topological polar surface area (TPSA) is 8.81 Å². The van der Waals surface area contributed by atoms with Gasteiger partial charge in [-0.3, -0.25) is 0 Å². The number of halogens is 1. The molecule has 0 unspecified atom stereocenters. The average Bonchev–Trinajstić information content (AvgIpc) is 3.05. The normalized spacial score (nSPS) is 13.6. The first-order chi connectivity index (χ1) is 13.8. The molecule has 2 heterocycles. The van der Waals surface area contributed by atoms with Gasteiger partial charge in [0.05, 0.1) is 5.56 Å². The molecule has 0 radical (unpaired) electrons. The lowest BCUT2D eigenvalue weighted by Crippen LogP contribution is -2.33. The van der Waals surface area contributed by atoms with Crippen molar-refractivity contribution < 1.29 is 8.96 Å². The molecule has 0 atom stereocenters. The minimum absolute atomic E-state index is 0.149. The predicted molar refractivity (Wildman–Crippen MR) is 110 cm³/mol. The Balaban J connectivity index is 1.43. The number of nitrogens with zero attached hydrogens (tertiary/aromatic N) is 2. The van der Waals surface area contributed by atoms with Crippen LogP contribution in [0.1, 0.15) is 35.2 Å². The van der Waals surface area contributed by atoms with Crippen LogP contribution in [0.2, 0.25) is 0 Å². The van der Waals surface area contributed by atoms with E-state index in [-0.39, 0.29) is 5.82 Å². The molecule has 0 bridgehead atoms. The van der Waals surface area contributed by atoms with E-state index < -0.39 is 0 Å². The Labute approximate surface area is 164 Å². The number of fused-ring (bicyclic) bond motifs is 3. The van der Waals surface area contributed by atoms with Gasteiger partial charge in [-0.15, -0.1) is 0 Å². The minimum Gasteiger partial charge on any atom is -0.340 e. The molecule has 2 aromatic carbocycles. The first kappa shape index (κ1) is 17.2. The summed E-state index contributed by atoms with van der Waals surface area (Å²) in [6.07, 6.45) is 9.05. The van der Waals surface area contributed by atoms with Gasteiger partial charge in [-0.25, -0.2) is 8.96 Å². The lowest BCUT2D eigenvalue weighted by atomic mass is 9.95. The van der Waals surface area contributed by atoms with Gasteiger partial charge >= 0.3 is 0 Å². The van der Waals surface area contributed by atoms with Crippen molar-refractivity contribution in [3.05, 3.63) is 101 Å². The van der Waals surface area contributed by atoms with Gasteiger partial charge in [-0.1, -0.05) is 30.3 Å². The summed E-state index contributed by atoms with van der Waals surface area (Å²) < 4.78 is 18.4. The molecular weight excluding hydrogens is 347 g/mol. The molecule has 0 fully saturated rings. The fourth-order valence-electron chi connectivity index (χ4n) is 4.47. The molecule has 0 aliphatic heterocycles. The molecule has 0 saturated heterocycles. The molecule has 5 rings (SSSR count). The number of aryl methyl sites for hydroxylation is 1. The van der Waals surface area contributed by atoms with Crippen molar-refractivity contribution in [3.8, 4) is 0 Å². The molecule has 0 amide bonds. The Kier molecular flexibility index (Phi) is 4.44. The molecule has 1 aliphatic carbocycles. The van der Waals surface area contributed by atoms with Gasteiger partial charge in [-0.2, -0.15) is 0 Å². The van der Waals surface area contributed by atoms with Gasteiger partial charge in [0.2, 0.25) is 0 Å². The summed E-state index contributed by atoms with van der Waals surface area (Å²) in [4.78, 5) is 0. The molecule has 0 spiro atoms. The highest BCUT2D eigenvalue weighted by molar-refractivity contribution is 5.86. The van der Waals surface area contributed by atoms with Crippen LogP contribution in [0.4, 0.5) is 4.39 Å². The van der Waals surface area contributed by atoms with Crippen molar-refractivity contribution in [2.24, 2.45) is 0 Å². The number of benzene rings is 2. The van der Waals surface area contributed by atoms with Crippen LogP contribution in [0, 0.1) is 5.82 Å². The van der Waals surface area contributed by atoms with Crippen molar-refractivity contribution in [2.45, 2.75) is 38.8 Å². The van der Waals surface area contributed by atoms with Gasteiger partial charge in [0.1, 0.15) is 5.82 Å². The van der Waals surface area contributed by atoms with Gasteiger partial charge < -0.3 is 4.57 Å². The summed E-state index contributed by atoms with van der Waals surface area (Å²) in [5.41, 5.74) is 6.39. The fraction of sp³-hybridized carbons (Fsp3) is 0.240. The van der Waals surface area contributed by atoms with Crippen LogP contribution in [-0.4, -0.2) is 4.57 Å². The van der Waals surface area contributed by atoms with Crippen molar-refractivity contribution in [3.63, 3.8) is 0 Å². The van der Waals surface area contributed by atoms with Gasteiger partial charge in [-0.05, 0) is 55.0 Å². The van der Waals surface area contributed by atoms with E-state index in [1.54, 1.807) is 11.6 Å². The van der Waals surface area contributed by atoms with E-state index >= 15 is 0 Å². The molecule has 2 aromatic heterocycles. The molecule has 0 N–H and O–H groups in total. The number of para-hydroxylation sites is 1. The number of hydrogen-bond acceptors (Lipinski definition) is 0. The lowest BCUT2D eigenvalue weighted by molar-refractivity contribution is -0.688. The third-order valence-electron chi connectivity index (χ3n) is 5.90. The largest absolute Gasteiger partial charge is 0.340 e. The van der Waals surface area contributed by atoms with Crippen LogP contribution < -0.4 is 4.57 Å². The first-order valence-electron chi connectivity index (χ1n) is 10.1. The van der Waals surface area contributed by atoms with Crippen LogP contribution in [0.3, 0.4) is 0 Å². The molecule has 1 aliphatic rings. The highest BCUT2D eigenvalue weighted by Crippen LogP contribution is 2.32. The smallest absolute Gasteiger partial charge is 0.176 e. The highest BCUT2D eigenvalue weighted by atomic mass is 19.1. The van der Waals surface area contributed by atoms with E-state index in [4.69, 9.17) is 0 Å². The second-order valence-electron chi connectivity index (χ2n) is 7.71. The average molecular weight is 371 g/mol. The molecular formula is C25H24FN2+. The van der Waals surface area contributed by atoms with E-state index in [0.717, 1.165) is 6.54 Å². The quantitative estimate of drug-likeness (QED) is 0.444.